The Kier molecular flexibility index (Phi) is 3.91. The van der Waals surface area contributed by atoms with Gasteiger partial charge in [0, 0.05) is 18.8 Å². The van der Waals surface area contributed by atoms with Gasteiger partial charge in [0.15, 0.2) is 0 Å². The van der Waals surface area contributed by atoms with Gasteiger partial charge in [0.2, 0.25) is 0 Å². The molecule has 0 aliphatic carbocycles. The molecule has 0 spiro atoms. The summed E-state index contributed by atoms with van der Waals surface area (Å²) < 4.78 is 37.9. The van der Waals surface area contributed by atoms with Crippen LogP contribution in [0.3, 0.4) is 0 Å². The Morgan fingerprint density at radius 1 is 1.37 bits per heavy atom. The molecule has 1 unspecified atom stereocenters. The maximum Gasteiger partial charge on any atom is 0.416 e. The van der Waals surface area contributed by atoms with Gasteiger partial charge in [-0.3, -0.25) is 0 Å². The fourth-order valence-corrected chi connectivity index (χ4v) is 2.67. The van der Waals surface area contributed by atoms with Gasteiger partial charge < -0.3 is 4.90 Å². The van der Waals surface area contributed by atoms with Gasteiger partial charge in [0.1, 0.15) is 5.01 Å². The molecule has 0 bridgehead atoms. The summed E-state index contributed by atoms with van der Waals surface area (Å²) >= 11 is 1.39. The Bertz CT molecular complexity index is 561. The minimum atomic E-state index is -4.33. The van der Waals surface area contributed by atoms with E-state index in [0.717, 1.165) is 21.9 Å². The highest BCUT2D eigenvalue weighted by Crippen LogP contribution is 2.33. The van der Waals surface area contributed by atoms with Crippen LogP contribution in [-0.4, -0.2) is 12.0 Å². The van der Waals surface area contributed by atoms with E-state index in [1.165, 1.54) is 17.4 Å². The van der Waals surface area contributed by atoms with E-state index in [1.807, 2.05) is 7.05 Å². The summed E-state index contributed by atoms with van der Waals surface area (Å²) in [5, 5.41) is 0.599. The molecule has 1 aromatic carbocycles. The zero-order valence-corrected chi connectivity index (χ0v) is 11.1. The Labute approximate surface area is 113 Å². The SMILES string of the molecule is [CH2-][NH+](C)Cc1cnc(-c2cccc(C(F)(F)F)c2)s1. The highest BCUT2D eigenvalue weighted by Gasteiger charge is 2.30. The first-order valence-corrected chi connectivity index (χ1v) is 6.44. The molecule has 0 saturated heterocycles. The Morgan fingerprint density at radius 2 is 2.11 bits per heavy atom. The maximum absolute atomic E-state index is 12.6. The topological polar surface area (TPSA) is 17.3 Å². The van der Waals surface area contributed by atoms with E-state index in [1.54, 1.807) is 12.3 Å². The van der Waals surface area contributed by atoms with Gasteiger partial charge in [-0.15, -0.1) is 11.3 Å². The van der Waals surface area contributed by atoms with Crippen LogP contribution in [-0.2, 0) is 12.7 Å². The Morgan fingerprint density at radius 3 is 2.74 bits per heavy atom. The van der Waals surface area contributed by atoms with E-state index in [9.17, 15) is 13.2 Å². The standard InChI is InChI=1S/C13H13F3N2S/c1-18(2)8-11-7-17-12(19-11)9-4-3-5-10(6-9)13(14,15)16/h3-7,18H,1,8H2,2H3. The third kappa shape index (κ3) is 3.54. The number of hydrogen-bond acceptors (Lipinski definition) is 2. The molecule has 2 nitrogen and oxygen atoms in total. The van der Waals surface area contributed by atoms with Crippen molar-refractivity contribution in [2.45, 2.75) is 12.7 Å². The molecule has 0 saturated carbocycles. The number of aromatic nitrogens is 1. The average Bonchev–Trinajstić information content (AvgIpc) is 2.76. The lowest BCUT2D eigenvalue weighted by atomic mass is 10.1. The zero-order valence-electron chi connectivity index (χ0n) is 10.3. The Balaban J connectivity index is 2.29. The van der Waals surface area contributed by atoms with Crippen molar-refractivity contribution in [2.24, 2.45) is 0 Å². The number of nitrogens with zero attached hydrogens (tertiary/aromatic N) is 1. The summed E-state index contributed by atoms with van der Waals surface area (Å²) in [6.45, 7) is 0.705. The summed E-state index contributed by atoms with van der Waals surface area (Å²) in [6.07, 6.45) is -2.64. The minimum absolute atomic E-state index is 0.493. The molecule has 102 valence electrons. The first kappa shape index (κ1) is 14.0. The van der Waals surface area contributed by atoms with Crippen LogP contribution in [0.2, 0.25) is 0 Å². The number of nitrogens with one attached hydrogen (secondary N) is 1. The molecule has 0 fully saturated rings. The van der Waals surface area contributed by atoms with Crippen molar-refractivity contribution in [1.29, 1.82) is 0 Å². The highest BCUT2D eigenvalue weighted by molar-refractivity contribution is 7.15. The molecule has 19 heavy (non-hydrogen) atoms. The van der Waals surface area contributed by atoms with Crippen LogP contribution in [0, 0.1) is 7.05 Å². The summed E-state index contributed by atoms with van der Waals surface area (Å²) in [5.74, 6) is 0. The maximum atomic E-state index is 12.6. The number of quaternary nitrogens is 1. The van der Waals surface area contributed by atoms with E-state index in [0.29, 0.717) is 17.1 Å². The van der Waals surface area contributed by atoms with Gasteiger partial charge in [0.05, 0.1) is 17.0 Å². The van der Waals surface area contributed by atoms with Gasteiger partial charge >= 0.3 is 6.18 Å². The van der Waals surface area contributed by atoms with E-state index in [4.69, 9.17) is 0 Å². The second kappa shape index (κ2) is 5.30. The summed E-state index contributed by atoms with van der Waals surface area (Å²) in [6, 6.07) is 5.23. The summed E-state index contributed by atoms with van der Waals surface area (Å²) in [4.78, 5) is 6.17. The molecule has 0 aliphatic heterocycles. The predicted octanol–water partition coefficient (Wildman–Crippen LogP) is 2.64. The number of hydrogen-bond donors (Lipinski definition) is 1. The zero-order chi connectivity index (χ0) is 14.0. The molecular weight excluding hydrogens is 273 g/mol. The molecule has 1 heterocycles. The van der Waals surface area contributed by atoms with E-state index in [2.05, 4.69) is 12.0 Å². The number of rotatable bonds is 3. The van der Waals surface area contributed by atoms with Gasteiger partial charge in [0.25, 0.3) is 0 Å². The van der Waals surface area contributed by atoms with Crippen molar-refractivity contribution in [3.63, 3.8) is 0 Å². The third-order valence-corrected chi connectivity index (χ3v) is 3.51. The highest BCUT2D eigenvalue weighted by atomic mass is 32.1. The smallest absolute Gasteiger partial charge is 0.416 e. The lowest BCUT2D eigenvalue weighted by Crippen LogP contribution is -3.01. The Hall–Kier alpha value is -1.40. The lowest BCUT2D eigenvalue weighted by molar-refractivity contribution is -0.846. The van der Waals surface area contributed by atoms with Crippen LogP contribution in [0.25, 0.3) is 10.6 Å². The first-order valence-electron chi connectivity index (χ1n) is 5.63. The van der Waals surface area contributed by atoms with Crippen LogP contribution in [0.1, 0.15) is 10.4 Å². The van der Waals surface area contributed by atoms with Crippen molar-refractivity contribution in [3.8, 4) is 10.6 Å². The summed E-state index contributed by atoms with van der Waals surface area (Å²) in [5.41, 5.74) is -0.158. The molecule has 1 aromatic heterocycles. The second-order valence-corrected chi connectivity index (χ2v) is 5.46. The molecule has 0 aliphatic rings. The van der Waals surface area contributed by atoms with Crippen molar-refractivity contribution < 1.29 is 18.1 Å². The molecule has 6 heteroatoms. The summed E-state index contributed by atoms with van der Waals surface area (Å²) in [7, 11) is 5.72. The quantitative estimate of drug-likeness (QED) is 0.859. The van der Waals surface area contributed by atoms with Crippen LogP contribution < -0.4 is 4.90 Å². The molecule has 2 rings (SSSR count). The van der Waals surface area contributed by atoms with Crippen LogP contribution in [0.4, 0.5) is 13.2 Å². The fraction of sp³-hybridized carbons (Fsp3) is 0.231. The molecule has 0 amide bonds. The predicted molar refractivity (Wildman–Crippen MR) is 68.5 cm³/mol. The van der Waals surface area contributed by atoms with Crippen LogP contribution >= 0.6 is 11.3 Å². The normalized spacial score (nSPS) is 13.5. The van der Waals surface area contributed by atoms with Crippen molar-refractivity contribution in [2.75, 3.05) is 7.05 Å². The molecule has 1 N–H and O–H groups in total. The van der Waals surface area contributed by atoms with Crippen molar-refractivity contribution >= 4 is 11.3 Å². The van der Waals surface area contributed by atoms with Gasteiger partial charge in [-0.2, -0.15) is 20.2 Å². The lowest BCUT2D eigenvalue weighted by Gasteiger charge is -2.11. The molecule has 0 radical (unpaired) electrons. The van der Waals surface area contributed by atoms with Gasteiger partial charge in [-0.1, -0.05) is 12.1 Å². The van der Waals surface area contributed by atoms with Crippen LogP contribution in [0.5, 0.6) is 0 Å². The van der Waals surface area contributed by atoms with Gasteiger partial charge in [-0.05, 0) is 12.1 Å². The molecule has 2 aromatic rings. The van der Waals surface area contributed by atoms with Crippen molar-refractivity contribution in [3.05, 3.63) is 48.0 Å². The van der Waals surface area contributed by atoms with Gasteiger partial charge in [-0.25, -0.2) is 4.98 Å². The van der Waals surface area contributed by atoms with E-state index < -0.39 is 11.7 Å². The monoisotopic (exact) mass is 286 g/mol. The van der Waals surface area contributed by atoms with Crippen molar-refractivity contribution in [1.82, 2.24) is 4.98 Å². The minimum Gasteiger partial charge on any atom is -0.466 e. The van der Waals surface area contributed by atoms with E-state index >= 15 is 0 Å². The number of thiazole rings is 1. The fourth-order valence-electron chi connectivity index (χ4n) is 1.65. The number of halogens is 3. The number of benzene rings is 1. The van der Waals surface area contributed by atoms with Crippen LogP contribution in [0.15, 0.2) is 30.5 Å². The second-order valence-electron chi connectivity index (χ2n) is 4.34. The van der Waals surface area contributed by atoms with E-state index in [-0.39, 0.29) is 0 Å². The number of alkyl halides is 3. The third-order valence-electron chi connectivity index (χ3n) is 2.47. The first-order chi connectivity index (χ1) is 8.86. The molecule has 1 atom stereocenters. The largest absolute Gasteiger partial charge is 0.466 e. The molecular formula is C13H13F3N2S. The average molecular weight is 286 g/mol.